The minimum atomic E-state index is -0.830. The van der Waals surface area contributed by atoms with Crippen molar-refractivity contribution >= 4 is 34.8 Å². The summed E-state index contributed by atoms with van der Waals surface area (Å²) >= 11 is 19.3. The lowest BCUT2D eigenvalue weighted by molar-refractivity contribution is 0.409. The molecule has 10 heteroatoms. The van der Waals surface area contributed by atoms with Gasteiger partial charge in [-0.1, -0.05) is 59.1 Å². The van der Waals surface area contributed by atoms with Gasteiger partial charge in [-0.2, -0.15) is 0 Å². The molecule has 5 rings (SSSR count). The number of methoxy groups -OCH3 is 1. The summed E-state index contributed by atoms with van der Waals surface area (Å²) < 4.78 is 8.43. The molecule has 7 nitrogen and oxygen atoms in total. The molecule has 38 heavy (non-hydrogen) atoms. The molecule has 0 fully saturated rings. The van der Waals surface area contributed by atoms with Gasteiger partial charge in [0.15, 0.2) is 0 Å². The van der Waals surface area contributed by atoms with Gasteiger partial charge in [0.1, 0.15) is 5.75 Å². The molecule has 0 spiro atoms. The number of hydrogen-bond acceptors (Lipinski definition) is 3. The highest BCUT2D eigenvalue weighted by Crippen LogP contribution is 2.39. The van der Waals surface area contributed by atoms with Crippen molar-refractivity contribution in [3.05, 3.63) is 131 Å². The second kappa shape index (κ2) is 10.3. The molecule has 2 heterocycles. The molecule has 0 aliphatic carbocycles. The first-order valence-electron chi connectivity index (χ1n) is 11.7. The number of aromatic nitrogens is 4. The normalized spacial score (nSPS) is 11.3. The molecule has 0 bridgehead atoms. The fourth-order valence-corrected chi connectivity index (χ4v) is 5.41. The Morgan fingerprint density at radius 3 is 1.66 bits per heavy atom. The van der Waals surface area contributed by atoms with E-state index in [1.54, 1.807) is 80.6 Å². The number of ether oxygens (including phenoxy) is 1. The summed E-state index contributed by atoms with van der Waals surface area (Å²) in [6, 6.07) is 19.2. The summed E-state index contributed by atoms with van der Waals surface area (Å²) in [5.74, 6) is -0.350. The SMILES string of the molecule is COc1ccc(Cl)cc1C(c1c(C)[nH]n(-c2ccccc2Cl)c1=O)c1c(C)[nH]n(-c2ccccc2Cl)c1=O. The maximum absolute atomic E-state index is 14.0. The Hall–Kier alpha value is -3.65. The smallest absolute Gasteiger partial charge is 0.275 e. The van der Waals surface area contributed by atoms with Crippen LogP contribution in [0.5, 0.6) is 5.75 Å². The van der Waals surface area contributed by atoms with Gasteiger partial charge < -0.3 is 4.74 Å². The summed E-state index contributed by atoms with van der Waals surface area (Å²) in [7, 11) is 1.53. The predicted molar refractivity (Wildman–Crippen MR) is 151 cm³/mol. The van der Waals surface area contributed by atoms with Crippen LogP contribution >= 0.6 is 34.8 Å². The second-order valence-electron chi connectivity index (χ2n) is 8.80. The number of halogens is 3. The highest BCUT2D eigenvalue weighted by Gasteiger charge is 2.33. The summed E-state index contributed by atoms with van der Waals surface area (Å²) in [6.45, 7) is 3.56. The number of aryl methyl sites for hydroxylation is 2. The quantitative estimate of drug-likeness (QED) is 0.248. The molecule has 0 aliphatic rings. The number of nitrogens with zero attached hydrogens (tertiary/aromatic N) is 2. The van der Waals surface area contributed by atoms with Crippen LogP contribution in [0.3, 0.4) is 0 Å². The molecular formula is C28H23Cl3N4O3. The van der Waals surface area contributed by atoms with E-state index in [2.05, 4.69) is 10.2 Å². The molecule has 0 amide bonds. The Morgan fingerprint density at radius 2 is 1.21 bits per heavy atom. The number of rotatable bonds is 6. The van der Waals surface area contributed by atoms with E-state index in [4.69, 9.17) is 39.5 Å². The molecule has 0 atom stereocenters. The number of benzene rings is 3. The highest BCUT2D eigenvalue weighted by molar-refractivity contribution is 6.32. The highest BCUT2D eigenvalue weighted by atomic mass is 35.5. The molecule has 2 aromatic heterocycles. The monoisotopic (exact) mass is 568 g/mol. The lowest BCUT2D eigenvalue weighted by Gasteiger charge is -2.19. The second-order valence-corrected chi connectivity index (χ2v) is 10.1. The number of nitrogens with one attached hydrogen (secondary N) is 2. The van der Waals surface area contributed by atoms with Crippen LogP contribution in [0.2, 0.25) is 15.1 Å². The first-order valence-corrected chi connectivity index (χ1v) is 12.8. The van der Waals surface area contributed by atoms with E-state index in [0.717, 1.165) is 0 Å². The van der Waals surface area contributed by atoms with Crippen molar-refractivity contribution in [3.63, 3.8) is 0 Å². The largest absolute Gasteiger partial charge is 0.496 e. The summed E-state index contributed by atoms with van der Waals surface area (Å²) in [5, 5.41) is 7.51. The van der Waals surface area contributed by atoms with E-state index in [9.17, 15) is 9.59 Å². The number of H-pyrrole nitrogens is 2. The van der Waals surface area contributed by atoms with Crippen molar-refractivity contribution in [1.29, 1.82) is 0 Å². The van der Waals surface area contributed by atoms with Crippen LogP contribution in [0.25, 0.3) is 11.4 Å². The van der Waals surface area contributed by atoms with Gasteiger partial charge in [-0.05, 0) is 56.3 Å². The molecule has 3 aromatic carbocycles. The van der Waals surface area contributed by atoms with Crippen LogP contribution in [0.4, 0.5) is 0 Å². The maximum Gasteiger partial charge on any atom is 0.275 e. The molecular weight excluding hydrogens is 547 g/mol. The van der Waals surface area contributed by atoms with Gasteiger partial charge in [0, 0.05) is 22.0 Å². The van der Waals surface area contributed by atoms with Gasteiger partial charge in [0.25, 0.3) is 11.1 Å². The van der Waals surface area contributed by atoms with Crippen LogP contribution in [-0.2, 0) is 0 Å². The number of hydrogen-bond donors (Lipinski definition) is 2. The molecule has 194 valence electrons. The van der Waals surface area contributed by atoms with Gasteiger partial charge in [-0.15, -0.1) is 0 Å². The Balaban J connectivity index is 1.84. The van der Waals surface area contributed by atoms with Gasteiger partial charge in [0.2, 0.25) is 0 Å². The third-order valence-electron chi connectivity index (χ3n) is 6.50. The van der Waals surface area contributed by atoms with E-state index in [0.29, 0.717) is 60.3 Å². The molecule has 5 aromatic rings. The van der Waals surface area contributed by atoms with Gasteiger partial charge in [-0.25, -0.2) is 9.36 Å². The van der Waals surface area contributed by atoms with Crippen LogP contribution in [0.1, 0.15) is 34.0 Å². The Morgan fingerprint density at radius 1 is 0.737 bits per heavy atom. The zero-order valence-electron chi connectivity index (χ0n) is 20.7. The minimum absolute atomic E-state index is 0.355. The van der Waals surface area contributed by atoms with Gasteiger partial charge >= 0.3 is 0 Å². The van der Waals surface area contributed by atoms with Crippen LogP contribution < -0.4 is 15.9 Å². The fourth-order valence-electron chi connectivity index (χ4n) is 4.79. The molecule has 0 saturated heterocycles. The zero-order chi connectivity index (χ0) is 27.1. The van der Waals surface area contributed by atoms with Crippen molar-refractivity contribution in [3.8, 4) is 17.1 Å². The average Bonchev–Trinajstić information content (AvgIpc) is 3.35. The standard InChI is InChI=1S/C28H23Cl3N4O3/c1-15-24(27(36)34(32-15)21-10-6-4-8-19(21)30)26(18-14-17(29)12-13-23(18)38-3)25-16(2)33-35(28(25)37)22-11-7-5-9-20(22)31/h4-14,26,32-33H,1-3H3. The Labute approximate surface area is 233 Å². The first kappa shape index (κ1) is 26.0. The molecule has 0 radical (unpaired) electrons. The van der Waals surface area contributed by atoms with E-state index < -0.39 is 5.92 Å². The summed E-state index contributed by atoms with van der Waals surface area (Å²) in [5.41, 5.74) is 2.67. The van der Waals surface area contributed by atoms with Crippen LogP contribution in [0, 0.1) is 13.8 Å². The van der Waals surface area contributed by atoms with Gasteiger partial charge in [-0.3, -0.25) is 19.8 Å². The van der Waals surface area contributed by atoms with Crippen LogP contribution in [-0.4, -0.2) is 26.7 Å². The summed E-state index contributed by atoms with van der Waals surface area (Å²) in [6.07, 6.45) is 0. The van der Waals surface area contributed by atoms with Crippen molar-refractivity contribution in [2.24, 2.45) is 0 Å². The molecule has 0 saturated carbocycles. The maximum atomic E-state index is 14.0. The molecule has 0 unspecified atom stereocenters. The van der Waals surface area contributed by atoms with Crippen molar-refractivity contribution in [1.82, 2.24) is 19.6 Å². The topological polar surface area (TPSA) is 84.8 Å². The molecule has 0 aliphatic heterocycles. The van der Waals surface area contributed by atoms with E-state index >= 15 is 0 Å². The predicted octanol–water partition coefficient (Wildman–Crippen LogP) is 6.41. The third kappa shape index (κ3) is 4.36. The van der Waals surface area contributed by atoms with E-state index in [1.165, 1.54) is 16.5 Å². The van der Waals surface area contributed by atoms with Crippen LogP contribution in [0.15, 0.2) is 76.3 Å². The molecule has 2 N–H and O–H groups in total. The van der Waals surface area contributed by atoms with Crippen molar-refractivity contribution < 1.29 is 4.74 Å². The number of aromatic amines is 2. The van der Waals surface area contributed by atoms with Crippen molar-refractivity contribution in [2.75, 3.05) is 7.11 Å². The third-order valence-corrected chi connectivity index (χ3v) is 7.38. The van der Waals surface area contributed by atoms with Gasteiger partial charge in [0.05, 0.1) is 45.6 Å². The van der Waals surface area contributed by atoms with E-state index in [1.807, 2.05) is 0 Å². The average molecular weight is 570 g/mol. The lowest BCUT2D eigenvalue weighted by Crippen LogP contribution is -2.26. The zero-order valence-corrected chi connectivity index (χ0v) is 22.9. The van der Waals surface area contributed by atoms with E-state index in [-0.39, 0.29) is 11.1 Å². The fraction of sp³-hybridized carbons (Fsp3) is 0.143. The minimum Gasteiger partial charge on any atom is -0.496 e. The Bertz CT molecular complexity index is 1680. The number of para-hydroxylation sites is 2. The summed E-state index contributed by atoms with van der Waals surface area (Å²) in [4.78, 5) is 28.1. The Kier molecular flexibility index (Phi) is 7.01. The first-order chi connectivity index (χ1) is 18.2. The lowest BCUT2D eigenvalue weighted by atomic mass is 9.84. The van der Waals surface area contributed by atoms with Crippen molar-refractivity contribution in [2.45, 2.75) is 19.8 Å².